The number of thiocarbonyl (C=S) groups is 1. The molecule has 21 heavy (non-hydrogen) atoms. The summed E-state index contributed by atoms with van der Waals surface area (Å²) in [7, 11) is -3.46. The van der Waals surface area contributed by atoms with Crippen molar-refractivity contribution in [1.29, 1.82) is 0 Å². The van der Waals surface area contributed by atoms with Crippen LogP contribution in [0.2, 0.25) is 0 Å². The van der Waals surface area contributed by atoms with Gasteiger partial charge in [0.25, 0.3) is 0 Å². The molecular formula is C14H20N2O2S3. The molecule has 7 heteroatoms. The van der Waals surface area contributed by atoms with Crippen LogP contribution in [-0.2, 0) is 10.0 Å². The molecule has 0 aliphatic carbocycles. The van der Waals surface area contributed by atoms with Gasteiger partial charge in [-0.2, -0.15) is 16.1 Å². The molecule has 1 aromatic carbocycles. The van der Waals surface area contributed by atoms with Gasteiger partial charge in [-0.25, -0.2) is 8.42 Å². The summed E-state index contributed by atoms with van der Waals surface area (Å²) in [4.78, 5) is 0.592. The summed E-state index contributed by atoms with van der Waals surface area (Å²) >= 11 is 6.76. The zero-order valence-electron chi connectivity index (χ0n) is 12.4. The lowest BCUT2D eigenvalue weighted by Crippen LogP contribution is -2.46. The smallest absolute Gasteiger partial charge is 0.243 e. The maximum Gasteiger partial charge on any atom is 0.243 e. The second kappa shape index (κ2) is 5.87. The molecular weight excluding hydrogens is 324 g/mol. The molecule has 0 unspecified atom stereocenters. The summed E-state index contributed by atoms with van der Waals surface area (Å²) in [5, 5.41) is 0. The number of benzene rings is 1. The number of hydrogen-bond acceptors (Lipinski definition) is 4. The van der Waals surface area contributed by atoms with Crippen LogP contribution in [0.3, 0.4) is 0 Å². The van der Waals surface area contributed by atoms with E-state index in [1.807, 2.05) is 6.92 Å². The lowest BCUT2D eigenvalue weighted by molar-refractivity contribution is 0.387. The number of nitrogens with zero attached hydrogens (tertiary/aromatic N) is 1. The summed E-state index contributed by atoms with van der Waals surface area (Å²) in [5.41, 5.74) is 7.13. The van der Waals surface area contributed by atoms with Crippen LogP contribution in [-0.4, -0.2) is 41.3 Å². The first-order chi connectivity index (χ1) is 9.63. The fraction of sp³-hybridized carbons (Fsp3) is 0.500. The Balaban J connectivity index is 2.36. The van der Waals surface area contributed by atoms with Gasteiger partial charge in [-0.3, -0.25) is 0 Å². The molecule has 1 heterocycles. The first-order valence-electron chi connectivity index (χ1n) is 6.68. The van der Waals surface area contributed by atoms with Crippen LogP contribution < -0.4 is 5.73 Å². The minimum atomic E-state index is -3.46. The van der Waals surface area contributed by atoms with E-state index in [9.17, 15) is 8.42 Å². The van der Waals surface area contributed by atoms with Crippen LogP contribution in [0.15, 0.2) is 23.1 Å². The standard InChI is InChI=1S/C14H20N2O2S3/c1-10-8-11(4-5-12(10)13(15)19)21(17,18)16-6-7-20-14(2,3)9-16/h4-5,8H,6-7,9H2,1-3H3,(H2,15,19). The zero-order chi connectivity index (χ0) is 15.8. The Morgan fingerprint density at radius 3 is 2.62 bits per heavy atom. The molecule has 1 aliphatic heterocycles. The molecule has 0 amide bonds. The summed E-state index contributed by atoms with van der Waals surface area (Å²) in [6.45, 7) is 7.03. The van der Waals surface area contributed by atoms with Crippen molar-refractivity contribution in [3.8, 4) is 0 Å². The van der Waals surface area contributed by atoms with E-state index in [0.29, 0.717) is 18.0 Å². The quantitative estimate of drug-likeness (QED) is 0.851. The van der Waals surface area contributed by atoms with E-state index < -0.39 is 10.0 Å². The van der Waals surface area contributed by atoms with Crippen LogP contribution >= 0.6 is 24.0 Å². The number of hydrogen-bond donors (Lipinski definition) is 1. The van der Waals surface area contributed by atoms with E-state index >= 15 is 0 Å². The van der Waals surface area contributed by atoms with E-state index in [1.54, 1.807) is 34.3 Å². The average molecular weight is 345 g/mol. The highest BCUT2D eigenvalue weighted by Gasteiger charge is 2.34. The second-order valence-electron chi connectivity index (χ2n) is 5.79. The maximum absolute atomic E-state index is 12.8. The van der Waals surface area contributed by atoms with Crippen molar-refractivity contribution < 1.29 is 8.42 Å². The fourth-order valence-electron chi connectivity index (χ4n) is 2.40. The normalized spacial score (nSPS) is 19.4. The topological polar surface area (TPSA) is 63.4 Å². The van der Waals surface area contributed by atoms with Crippen LogP contribution in [0.5, 0.6) is 0 Å². The lowest BCUT2D eigenvalue weighted by atomic mass is 10.1. The van der Waals surface area contributed by atoms with E-state index in [-0.39, 0.29) is 9.74 Å². The third-order valence-electron chi connectivity index (χ3n) is 3.49. The Morgan fingerprint density at radius 1 is 1.43 bits per heavy atom. The molecule has 0 aromatic heterocycles. The van der Waals surface area contributed by atoms with E-state index in [1.165, 1.54) is 0 Å². The van der Waals surface area contributed by atoms with Gasteiger partial charge < -0.3 is 5.73 Å². The van der Waals surface area contributed by atoms with Crippen LogP contribution in [0, 0.1) is 6.92 Å². The van der Waals surface area contributed by atoms with Gasteiger partial charge in [-0.1, -0.05) is 18.3 Å². The number of thioether (sulfide) groups is 1. The Morgan fingerprint density at radius 2 is 2.10 bits per heavy atom. The molecule has 2 rings (SSSR count). The van der Waals surface area contributed by atoms with Gasteiger partial charge in [0, 0.05) is 29.2 Å². The second-order valence-corrected chi connectivity index (χ2v) is 9.97. The first kappa shape index (κ1) is 16.7. The zero-order valence-corrected chi connectivity index (χ0v) is 14.9. The van der Waals surface area contributed by atoms with Crippen LogP contribution in [0.25, 0.3) is 0 Å². The predicted octanol–water partition coefficient (Wildman–Crippen LogP) is 2.15. The van der Waals surface area contributed by atoms with Crippen molar-refractivity contribution in [2.24, 2.45) is 5.73 Å². The van der Waals surface area contributed by atoms with Gasteiger partial charge in [0.15, 0.2) is 0 Å². The number of sulfonamides is 1. The third-order valence-corrected chi connectivity index (χ3v) is 6.85. The van der Waals surface area contributed by atoms with Gasteiger partial charge in [0.1, 0.15) is 4.99 Å². The monoisotopic (exact) mass is 344 g/mol. The van der Waals surface area contributed by atoms with E-state index in [0.717, 1.165) is 16.9 Å². The number of rotatable bonds is 3. The van der Waals surface area contributed by atoms with Crippen LogP contribution in [0.1, 0.15) is 25.0 Å². The molecule has 0 atom stereocenters. The summed E-state index contributed by atoms with van der Waals surface area (Å²) in [6, 6.07) is 4.93. The van der Waals surface area contributed by atoms with Crippen molar-refractivity contribution in [1.82, 2.24) is 4.31 Å². The molecule has 0 bridgehead atoms. The van der Waals surface area contributed by atoms with Gasteiger partial charge in [-0.15, -0.1) is 0 Å². The highest BCUT2D eigenvalue weighted by atomic mass is 32.2. The Bertz CT molecular complexity index is 669. The van der Waals surface area contributed by atoms with Gasteiger partial charge in [0.2, 0.25) is 10.0 Å². The molecule has 1 aliphatic rings. The lowest BCUT2D eigenvalue weighted by Gasteiger charge is -2.36. The van der Waals surface area contributed by atoms with Crippen molar-refractivity contribution in [3.63, 3.8) is 0 Å². The molecule has 0 radical (unpaired) electrons. The van der Waals surface area contributed by atoms with Crippen molar-refractivity contribution in [2.45, 2.75) is 30.4 Å². The SMILES string of the molecule is Cc1cc(S(=O)(=O)N2CCSC(C)(C)C2)ccc1C(N)=S. The van der Waals surface area contributed by atoms with E-state index in [2.05, 4.69) is 13.8 Å². The molecule has 1 saturated heterocycles. The molecule has 1 fully saturated rings. The Hall–Kier alpha value is -0.630. The van der Waals surface area contributed by atoms with Gasteiger partial charge in [0.05, 0.1) is 4.90 Å². The molecule has 2 N–H and O–H groups in total. The minimum absolute atomic E-state index is 0.0564. The van der Waals surface area contributed by atoms with Gasteiger partial charge in [-0.05, 0) is 38.5 Å². The van der Waals surface area contributed by atoms with Crippen molar-refractivity contribution >= 4 is 39.0 Å². The fourth-order valence-corrected chi connectivity index (χ4v) is 5.63. The summed E-state index contributed by atoms with van der Waals surface area (Å²) in [6.07, 6.45) is 0. The molecule has 4 nitrogen and oxygen atoms in total. The molecule has 116 valence electrons. The average Bonchev–Trinajstić information content (AvgIpc) is 2.36. The summed E-state index contributed by atoms with van der Waals surface area (Å²) < 4.78 is 27.0. The van der Waals surface area contributed by atoms with E-state index in [4.69, 9.17) is 18.0 Å². The van der Waals surface area contributed by atoms with Crippen molar-refractivity contribution in [2.75, 3.05) is 18.8 Å². The minimum Gasteiger partial charge on any atom is -0.389 e. The summed E-state index contributed by atoms with van der Waals surface area (Å²) in [5.74, 6) is 0.816. The number of nitrogens with two attached hydrogens (primary N) is 1. The predicted molar refractivity (Wildman–Crippen MR) is 92.4 cm³/mol. The van der Waals surface area contributed by atoms with Gasteiger partial charge >= 0.3 is 0 Å². The third kappa shape index (κ3) is 3.59. The Kier molecular flexibility index (Phi) is 4.68. The van der Waals surface area contributed by atoms with Crippen LogP contribution in [0.4, 0.5) is 0 Å². The Labute approximate surface area is 136 Å². The largest absolute Gasteiger partial charge is 0.389 e. The molecule has 1 aromatic rings. The highest BCUT2D eigenvalue weighted by molar-refractivity contribution is 8.00. The molecule has 0 saturated carbocycles. The number of aryl methyl sites for hydroxylation is 1. The van der Waals surface area contributed by atoms with Crippen molar-refractivity contribution in [3.05, 3.63) is 29.3 Å². The maximum atomic E-state index is 12.8. The molecule has 0 spiro atoms. The first-order valence-corrected chi connectivity index (χ1v) is 9.51. The highest BCUT2D eigenvalue weighted by Crippen LogP contribution is 2.32.